The zero-order chi connectivity index (χ0) is 7.14. The van der Waals surface area contributed by atoms with Crippen molar-refractivity contribution in [2.24, 2.45) is 0 Å². The summed E-state index contributed by atoms with van der Waals surface area (Å²) in [7, 11) is 0. The highest BCUT2D eigenvalue weighted by atomic mass is 16.4. The number of aromatic nitrogens is 2. The molecular weight excluding hydrogens is 128 g/mol. The van der Waals surface area contributed by atoms with E-state index < -0.39 is 0 Å². The molecule has 0 atom stereocenters. The third-order valence-corrected chi connectivity index (χ3v) is 1.40. The molecule has 0 bridgehead atoms. The number of aryl methyl sites for hydroxylation is 2. The normalized spacial score (nSPS) is 11.0. The largest absolute Gasteiger partial charge is 0.423 e. The van der Waals surface area contributed by atoms with Gasteiger partial charge in [-0.3, -0.25) is 0 Å². The Balaban J connectivity index is 2.83. The predicted octanol–water partition coefficient (Wildman–Crippen LogP) is 1.54. The Hall–Kier alpha value is -1.25. The first kappa shape index (κ1) is 5.53. The Morgan fingerprint density at radius 3 is 3.00 bits per heavy atom. The molecule has 2 heterocycles. The van der Waals surface area contributed by atoms with Crippen LogP contribution in [0, 0.1) is 13.8 Å². The molecule has 0 aromatic carbocycles. The molecule has 0 saturated heterocycles. The molecule has 10 heavy (non-hydrogen) atoms. The Morgan fingerprint density at radius 1 is 1.50 bits per heavy atom. The molecule has 0 radical (unpaired) electrons. The van der Waals surface area contributed by atoms with Gasteiger partial charge in [-0.25, -0.2) is 4.52 Å². The minimum absolute atomic E-state index is 0.704. The lowest BCUT2D eigenvalue weighted by molar-refractivity contribution is 0.561. The third kappa shape index (κ3) is 0.635. The summed E-state index contributed by atoms with van der Waals surface area (Å²) >= 11 is 0. The Labute approximate surface area is 58.3 Å². The first-order valence-corrected chi connectivity index (χ1v) is 3.18. The van der Waals surface area contributed by atoms with Crippen molar-refractivity contribution in [1.82, 2.24) is 9.61 Å². The standard InChI is InChI=1S/C7H8N2O/c1-5-3-7-9(4-5)8-6(2)10-7/h3-4H,1-2H3. The van der Waals surface area contributed by atoms with E-state index in [4.69, 9.17) is 4.42 Å². The second-order valence-electron chi connectivity index (χ2n) is 2.42. The lowest BCUT2D eigenvalue weighted by Crippen LogP contribution is -1.79. The van der Waals surface area contributed by atoms with Gasteiger partial charge in [0, 0.05) is 19.2 Å². The first-order chi connectivity index (χ1) is 4.75. The van der Waals surface area contributed by atoms with Gasteiger partial charge in [0.1, 0.15) is 0 Å². The maximum absolute atomic E-state index is 5.24. The smallest absolute Gasteiger partial charge is 0.222 e. The topological polar surface area (TPSA) is 30.4 Å². The van der Waals surface area contributed by atoms with Gasteiger partial charge < -0.3 is 4.42 Å². The predicted molar refractivity (Wildman–Crippen MR) is 36.9 cm³/mol. The van der Waals surface area contributed by atoms with Crippen molar-refractivity contribution in [1.29, 1.82) is 0 Å². The van der Waals surface area contributed by atoms with E-state index in [1.54, 1.807) is 4.52 Å². The fraction of sp³-hybridized carbons (Fsp3) is 0.286. The lowest BCUT2D eigenvalue weighted by atomic mass is 10.4. The highest BCUT2D eigenvalue weighted by Gasteiger charge is 2.00. The number of nitrogens with zero attached hydrogens (tertiary/aromatic N) is 2. The van der Waals surface area contributed by atoms with Gasteiger partial charge in [-0.1, -0.05) is 0 Å². The highest BCUT2D eigenvalue weighted by Crippen LogP contribution is 2.09. The molecule has 52 valence electrons. The van der Waals surface area contributed by atoms with Crippen LogP contribution in [0.15, 0.2) is 16.7 Å². The molecule has 0 unspecified atom stereocenters. The van der Waals surface area contributed by atoms with E-state index in [9.17, 15) is 0 Å². The summed E-state index contributed by atoms with van der Waals surface area (Å²) in [6, 6.07) is 1.96. The van der Waals surface area contributed by atoms with Gasteiger partial charge in [-0.05, 0) is 12.5 Å². The van der Waals surface area contributed by atoms with E-state index in [0.29, 0.717) is 5.89 Å². The fourth-order valence-corrected chi connectivity index (χ4v) is 1.03. The summed E-state index contributed by atoms with van der Waals surface area (Å²) in [5.74, 6) is 0.704. The molecular formula is C7H8N2O. The second-order valence-corrected chi connectivity index (χ2v) is 2.42. The fourth-order valence-electron chi connectivity index (χ4n) is 1.03. The summed E-state index contributed by atoms with van der Waals surface area (Å²) in [5, 5.41) is 4.08. The van der Waals surface area contributed by atoms with Gasteiger partial charge >= 0.3 is 0 Å². The van der Waals surface area contributed by atoms with E-state index in [2.05, 4.69) is 5.10 Å². The Bertz CT molecular complexity index is 295. The average molecular weight is 136 g/mol. The van der Waals surface area contributed by atoms with Crippen LogP contribution < -0.4 is 0 Å². The van der Waals surface area contributed by atoms with Crippen molar-refractivity contribution in [2.75, 3.05) is 0 Å². The summed E-state index contributed by atoms with van der Waals surface area (Å²) < 4.78 is 6.98. The number of fused-ring (bicyclic) bond motifs is 1. The van der Waals surface area contributed by atoms with E-state index in [-0.39, 0.29) is 0 Å². The Morgan fingerprint density at radius 2 is 2.30 bits per heavy atom. The van der Waals surface area contributed by atoms with Crippen molar-refractivity contribution in [3.8, 4) is 0 Å². The summed E-state index contributed by atoms with van der Waals surface area (Å²) in [6.45, 7) is 3.85. The van der Waals surface area contributed by atoms with E-state index >= 15 is 0 Å². The molecule has 3 heteroatoms. The molecule has 0 aliphatic carbocycles. The maximum atomic E-state index is 5.24. The number of hydrogen-bond donors (Lipinski definition) is 0. The monoisotopic (exact) mass is 136 g/mol. The van der Waals surface area contributed by atoms with Crippen LogP contribution in [0.2, 0.25) is 0 Å². The van der Waals surface area contributed by atoms with Crippen LogP contribution in [0.1, 0.15) is 11.5 Å². The molecule has 2 rings (SSSR count). The number of rotatable bonds is 0. The third-order valence-electron chi connectivity index (χ3n) is 1.40. The van der Waals surface area contributed by atoms with Crippen LogP contribution in [0.3, 0.4) is 0 Å². The average Bonchev–Trinajstić information content (AvgIpc) is 2.21. The second kappa shape index (κ2) is 1.62. The van der Waals surface area contributed by atoms with Crippen molar-refractivity contribution in [3.05, 3.63) is 23.7 Å². The highest BCUT2D eigenvalue weighted by molar-refractivity contribution is 5.37. The minimum Gasteiger partial charge on any atom is -0.423 e. The summed E-state index contributed by atoms with van der Waals surface area (Å²) in [6.07, 6.45) is 1.94. The van der Waals surface area contributed by atoms with Gasteiger partial charge in [0.05, 0.1) is 0 Å². The quantitative estimate of drug-likeness (QED) is 0.550. The van der Waals surface area contributed by atoms with E-state index in [1.807, 2.05) is 26.1 Å². The minimum atomic E-state index is 0.704. The molecule has 0 saturated carbocycles. The van der Waals surface area contributed by atoms with Crippen LogP contribution >= 0.6 is 0 Å². The molecule has 0 aliphatic heterocycles. The molecule has 3 nitrogen and oxygen atoms in total. The molecule has 0 spiro atoms. The van der Waals surface area contributed by atoms with Crippen LogP contribution in [-0.2, 0) is 0 Å². The zero-order valence-corrected chi connectivity index (χ0v) is 5.96. The van der Waals surface area contributed by atoms with Gasteiger partial charge in [0.25, 0.3) is 0 Å². The molecule has 2 aromatic rings. The SMILES string of the molecule is Cc1cc2oc(C)nn2c1. The van der Waals surface area contributed by atoms with Gasteiger partial charge in [0.2, 0.25) is 11.6 Å². The van der Waals surface area contributed by atoms with Gasteiger partial charge in [-0.2, -0.15) is 0 Å². The molecule has 0 aliphatic rings. The van der Waals surface area contributed by atoms with E-state index in [1.165, 1.54) is 5.56 Å². The van der Waals surface area contributed by atoms with Crippen LogP contribution in [0.4, 0.5) is 0 Å². The Kier molecular flexibility index (Phi) is 0.897. The van der Waals surface area contributed by atoms with Crippen LogP contribution in [-0.4, -0.2) is 9.61 Å². The lowest BCUT2D eigenvalue weighted by Gasteiger charge is -1.74. The van der Waals surface area contributed by atoms with E-state index in [0.717, 1.165) is 5.71 Å². The van der Waals surface area contributed by atoms with Crippen molar-refractivity contribution >= 4 is 5.71 Å². The van der Waals surface area contributed by atoms with Crippen molar-refractivity contribution in [2.45, 2.75) is 13.8 Å². The molecule has 2 aromatic heterocycles. The zero-order valence-electron chi connectivity index (χ0n) is 5.96. The molecule has 0 N–H and O–H groups in total. The van der Waals surface area contributed by atoms with Crippen LogP contribution in [0.5, 0.6) is 0 Å². The first-order valence-electron chi connectivity index (χ1n) is 3.18. The van der Waals surface area contributed by atoms with Crippen molar-refractivity contribution in [3.63, 3.8) is 0 Å². The van der Waals surface area contributed by atoms with Gasteiger partial charge in [-0.15, -0.1) is 5.10 Å². The number of hydrogen-bond acceptors (Lipinski definition) is 2. The summed E-state index contributed by atoms with van der Waals surface area (Å²) in [4.78, 5) is 0. The van der Waals surface area contributed by atoms with Crippen LogP contribution in [0.25, 0.3) is 5.71 Å². The summed E-state index contributed by atoms with van der Waals surface area (Å²) in [5.41, 5.74) is 1.99. The van der Waals surface area contributed by atoms with Gasteiger partial charge in [0.15, 0.2) is 0 Å². The van der Waals surface area contributed by atoms with Crippen molar-refractivity contribution < 1.29 is 4.42 Å². The molecule has 0 amide bonds. The maximum Gasteiger partial charge on any atom is 0.222 e. The molecule has 0 fully saturated rings.